The van der Waals surface area contributed by atoms with E-state index in [9.17, 15) is 0 Å². The lowest BCUT2D eigenvalue weighted by Crippen LogP contribution is -2.30. The fourth-order valence-electron chi connectivity index (χ4n) is 1.77. The highest BCUT2D eigenvalue weighted by Gasteiger charge is 2.20. The van der Waals surface area contributed by atoms with Gasteiger partial charge in [-0.15, -0.1) is 0 Å². The molecule has 1 aromatic heterocycles. The molecular formula is C15H26N4S. The second-order valence-corrected chi connectivity index (χ2v) is 6.97. The third-order valence-electron chi connectivity index (χ3n) is 3.77. The maximum atomic E-state index is 7.53. The lowest BCUT2D eigenvalue weighted by Gasteiger charge is -2.22. The Hall–Kier alpha value is -1.10. The normalized spacial score (nSPS) is 11.7. The number of rotatable bonds is 7. The topological polar surface area (TPSA) is 75.7 Å². The predicted molar refractivity (Wildman–Crippen MR) is 86.5 cm³/mol. The van der Waals surface area contributed by atoms with Crippen LogP contribution in [0.4, 0.5) is 0 Å². The molecule has 0 aromatic carbocycles. The summed E-state index contributed by atoms with van der Waals surface area (Å²) in [7, 11) is 0. The van der Waals surface area contributed by atoms with Crippen molar-refractivity contribution >= 4 is 17.6 Å². The molecule has 0 fully saturated rings. The summed E-state index contributed by atoms with van der Waals surface area (Å²) in [5.41, 5.74) is 8.71. The first-order valence-electron chi connectivity index (χ1n) is 7.03. The van der Waals surface area contributed by atoms with E-state index >= 15 is 0 Å². The van der Waals surface area contributed by atoms with Gasteiger partial charge in [-0.2, -0.15) is 0 Å². The van der Waals surface area contributed by atoms with Gasteiger partial charge in [-0.05, 0) is 39.2 Å². The van der Waals surface area contributed by atoms with Crippen molar-refractivity contribution in [1.82, 2.24) is 9.97 Å². The zero-order valence-corrected chi connectivity index (χ0v) is 14.0. The number of thioether (sulfide) groups is 1. The standard InChI is InChI=1S/C15H26N4S/c1-10-11(2)18-14(19-12(10)3)20-9-7-6-8-15(4,5)13(16)17/h6-9H2,1-5H3,(H3,16,17). The van der Waals surface area contributed by atoms with E-state index in [4.69, 9.17) is 11.1 Å². The summed E-state index contributed by atoms with van der Waals surface area (Å²) in [5.74, 6) is 1.29. The molecule has 0 radical (unpaired) electrons. The zero-order valence-electron chi connectivity index (χ0n) is 13.2. The van der Waals surface area contributed by atoms with Gasteiger partial charge in [0, 0.05) is 22.6 Å². The second-order valence-electron chi connectivity index (χ2n) is 5.91. The van der Waals surface area contributed by atoms with E-state index in [1.165, 1.54) is 5.56 Å². The van der Waals surface area contributed by atoms with Crippen LogP contribution in [0.2, 0.25) is 0 Å². The van der Waals surface area contributed by atoms with Gasteiger partial charge >= 0.3 is 0 Å². The first kappa shape index (κ1) is 17.0. The Labute approximate surface area is 126 Å². The monoisotopic (exact) mass is 294 g/mol. The summed E-state index contributed by atoms with van der Waals surface area (Å²) < 4.78 is 0. The Balaban J connectivity index is 2.37. The van der Waals surface area contributed by atoms with Crippen LogP contribution in [0.1, 0.15) is 50.1 Å². The van der Waals surface area contributed by atoms with E-state index in [1.54, 1.807) is 11.8 Å². The Bertz CT molecular complexity index is 460. The van der Waals surface area contributed by atoms with Crippen LogP contribution < -0.4 is 5.73 Å². The Morgan fingerprint density at radius 2 is 1.70 bits per heavy atom. The molecule has 0 saturated heterocycles. The van der Waals surface area contributed by atoms with Crippen LogP contribution in [0.15, 0.2) is 5.16 Å². The minimum atomic E-state index is -0.182. The van der Waals surface area contributed by atoms with Crippen LogP contribution in [0.5, 0.6) is 0 Å². The second kappa shape index (κ2) is 7.07. The number of hydrogen-bond donors (Lipinski definition) is 2. The first-order valence-corrected chi connectivity index (χ1v) is 8.02. The van der Waals surface area contributed by atoms with Gasteiger partial charge in [0.15, 0.2) is 5.16 Å². The molecular weight excluding hydrogens is 268 g/mol. The summed E-state index contributed by atoms with van der Waals surface area (Å²) >= 11 is 1.71. The van der Waals surface area contributed by atoms with E-state index in [1.807, 2.05) is 27.7 Å². The van der Waals surface area contributed by atoms with E-state index < -0.39 is 0 Å². The number of aromatic nitrogens is 2. The number of nitrogens with zero attached hydrogens (tertiary/aromatic N) is 2. The molecule has 5 heteroatoms. The molecule has 0 aliphatic rings. The molecule has 0 unspecified atom stereocenters. The SMILES string of the molecule is Cc1nc(SCCCCC(C)(C)C(=N)N)nc(C)c1C. The van der Waals surface area contributed by atoms with Crippen LogP contribution >= 0.6 is 11.8 Å². The third-order valence-corrected chi connectivity index (χ3v) is 4.70. The lowest BCUT2D eigenvalue weighted by molar-refractivity contribution is 0.448. The minimum Gasteiger partial charge on any atom is -0.387 e. The minimum absolute atomic E-state index is 0.182. The fraction of sp³-hybridized carbons (Fsp3) is 0.667. The predicted octanol–water partition coefficient (Wildman–Crippen LogP) is 3.63. The molecule has 1 rings (SSSR count). The molecule has 0 aliphatic carbocycles. The smallest absolute Gasteiger partial charge is 0.187 e. The van der Waals surface area contributed by atoms with E-state index in [0.717, 1.165) is 41.6 Å². The van der Waals surface area contributed by atoms with Crippen LogP contribution in [0, 0.1) is 31.6 Å². The van der Waals surface area contributed by atoms with Crippen molar-refractivity contribution in [2.24, 2.45) is 11.1 Å². The summed E-state index contributed by atoms with van der Waals surface area (Å²) in [4.78, 5) is 9.01. The van der Waals surface area contributed by atoms with Gasteiger partial charge in [-0.1, -0.05) is 32.0 Å². The van der Waals surface area contributed by atoms with Crippen LogP contribution in [0.3, 0.4) is 0 Å². The van der Waals surface area contributed by atoms with Crippen molar-refractivity contribution < 1.29 is 0 Å². The van der Waals surface area contributed by atoms with Gasteiger partial charge < -0.3 is 5.73 Å². The lowest BCUT2D eigenvalue weighted by atomic mass is 9.86. The fourth-order valence-corrected chi connectivity index (χ4v) is 2.71. The molecule has 20 heavy (non-hydrogen) atoms. The third kappa shape index (κ3) is 4.78. The molecule has 3 N–H and O–H groups in total. The average molecular weight is 294 g/mol. The number of nitrogens with two attached hydrogens (primary N) is 1. The molecule has 0 saturated carbocycles. The molecule has 0 bridgehead atoms. The maximum Gasteiger partial charge on any atom is 0.187 e. The largest absolute Gasteiger partial charge is 0.387 e. The van der Waals surface area contributed by atoms with Crippen molar-refractivity contribution in [3.05, 3.63) is 17.0 Å². The number of hydrogen-bond acceptors (Lipinski definition) is 4. The quantitative estimate of drug-likeness (QED) is 0.265. The van der Waals surface area contributed by atoms with Gasteiger partial charge in [-0.3, -0.25) is 5.41 Å². The van der Waals surface area contributed by atoms with Crippen LogP contribution in [0.25, 0.3) is 0 Å². The highest BCUT2D eigenvalue weighted by Crippen LogP contribution is 2.24. The van der Waals surface area contributed by atoms with Gasteiger partial charge in [0.2, 0.25) is 0 Å². The molecule has 1 heterocycles. The molecule has 0 atom stereocenters. The molecule has 0 aliphatic heterocycles. The van der Waals surface area contributed by atoms with Gasteiger partial charge in [0.05, 0.1) is 5.84 Å². The Morgan fingerprint density at radius 1 is 1.15 bits per heavy atom. The van der Waals surface area contributed by atoms with Gasteiger partial charge in [0.25, 0.3) is 0 Å². The van der Waals surface area contributed by atoms with Gasteiger partial charge in [0.1, 0.15) is 0 Å². The molecule has 4 nitrogen and oxygen atoms in total. The molecule has 0 spiro atoms. The summed E-state index contributed by atoms with van der Waals surface area (Å²) in [5, 5.41) is 8.40. The molecule has 112 valence electrons. The number of aryl methyl sites for hydroxylation is 2. The zero-order chi connectivity index (χ0) is 15.3. The maximum absolute atomic E-state index is 7.53. The number of amidine groups is 1. The Morgan fingerprint density at radius 3 is 2.20 bits per heavy atom. The summed E-state index contributed by atoms with van der Waals surface area (Å²) in [6.07, 6.45) is 3.12. The van der Waals surface area contributed by atoms with Gasteiger partial charge in [-0.25, -0.2) is 9.97 Å². The van der Waals surface area contributed by atoms with Crippen molar-refractivity contribution in [2.75, 3.05) is 5.75 Å². The summed E-state index contributed by atoms with van der Waals surface area (Å²) in [6.45, 7) is 10.2. The average Bonchev–Trinajstić information content (AvgIpc) is 2.35. The van der Waals surface area contributed by atoms with Crippen molar-refractivity contribution in [2.45, 2.75) is 59.0 Å². The highest BCUT2D eigenvalue weighted by molar-refractivity contribution is 7.99. The van der Waals surface area contributed by atoms with Crippen LogP contribution in [-0.2, 0) is 0 Å². The van der Waals surface area contributed by atoms with E-state index in [-0.39, 0.29) is 11.3 Å². The molecule has 0 amide bonds. The molecule has 1 aromatic rings. The first-order chi connectivity index (χ1) is 9.24. The van der Waals surface area contributed by atoms with Crippen molar-refractivity contribution in [1.29, 1.82) is 5.41 Å². The van der Waals surface area contributed by atoms with Crippen molar-refractivity contribution in [3.8, 4) is 0 Å². The van der Waals surface area contributed by atoms with E-state index in [2.05, 4.69) is 16.9 Å². The Kier molecular flexibility index (Phi) is 5.99. The summed E-state index contributed by atoms with van der Waals surface area (Å²) in [6, 6.07) is 0. The number of unbranched alkanes of at least 4 members (excludes halogenated alkanes) is 1. The highest BCUT2D eigenvalue weighted by atomic mass is 32.2. The van der Waals surface area contributed by atoms with Crippen LogP contribution in [-0.4, -0.2) is 21.6 Å². The van der Waals surface area contributed by atoms with Crippen molar-refractivity contribution in [3.63, 3.8) is 0 Å². The van der Waals surface area contributed by atoms with E-state index in [0.29, 0.717) is 0 Å². The number of nitrogens with one attached hydrogen (secondary N) is 1.